The SMILES string of the molecule is C[C@H](NC(=O)CC#N)NC(=O)c1ccc(C=CC(c2cc(Cl)c(Cl)c(Cl)c2)C(F)(F)F)cc1C(F)(F)F. The molecule has 5 nitrogen and oxygen atoms in total. The van der Waals surface area contributed by atoms with Crippen molar-refractivity contribution in [3.8, 4) is 6.07 Å². The van der Waals surface area contributed by atoms with Gasteiger partial charge in [0, 0.05) is 0 Å². The number of allylic oxidation sites excluding steroid dienone is 1. The van der Waals surface area contributed by atoms with Crippen molar-refractivity contribution in [1.82, 2.24) is 10.6 Å². The highest BCUT2D eigenvalue weighted by molar-refractivity contribution is 6.48. The van der Waals surface area contributed by atoms with E-state index in [1.807, 2.05) is 0 Å². The first-order chi connectivity index (χ1) is 17.0. The fourth-order valence-electron chi connectivity index (χ4n) is 3.14. The highest BCUT2D eigenvalue weighted by Gasteiger charge is 2.40. The second kappa shape index (κ2) is 12.1. The van der Waals surface area contributed by atoms with Crippen LogP contribution in [0, 0.1) is 11.3 Å². The highest BCUT2D eigenvalue weighted by atomic mass is 35.5. The van der Waals surface area contributed by atoms with Crippen LogP contribution < -0.4 is 10.6 Å². The van der Waals surface area contributed by atoms with E-state index in [2.05, 4.69) is 10.6 Å². The van der Waals surface area contributed by atoms with Crippen molar-refractivity contribution >= 4 is 52.7 Å². The molecule has 1 unspecified atom stereocenters. The van der Waals surface area contributed by atoms with Crippen molar-refractivity contribution in [3.05, 3.63) is 73.7 Å². The molecule has 2 aromatic carbocycles. The number of rotatable bonds is 7. The number of hydrogen-bond acceptors (Lipinski definition) is 3. The van der Waals surface area contributed by atoms with Crippen LogP contribution in [0.3, 0.4) is 0 Å². The lowest BCUT2D eigenvalue weighted by molar-refractivity contribution is -0.139. The number of carbonyl (C=O) groups is 2. The van der Waals surface area contributed by atoms with Crippen molar-refractivity contribution in [2.24, 2.45) is 0 Å². The van der Waals surface area contributed by atoms with Crippen molar-refractivity contribution in [2.45, 2.75) is 37.8 Å². The highest BCUT2D eigenvalue weighted by Crippen LogP contribution is 2.41. The zero-order valence-electron chi connectivity index (χ0n) is 18.6. The predicted octanol–water partition coefficient (Wildman–Crippen LogP) is 7.13. The molecule has 0 fully saturated rings. The van der Waals surface area contributed by atoms with E-state index in [-0.39, 0.29) is 26.2 Å². The first kappa shape index (κ1) is 30.3. The zero-order chi connectivity index (χ0) is 28.1. The van der Waals surface area contributed by atoms with Crippen LogP contribution in [0.4, 0.5) is 26.3 Å². The predicted molar refractivity (Wildman–Crippen MR) is 126 cm³/mol. The number of alkyl halides is 6. The largest absolute Gasteiger partial charge is 0.417 e. The fourth-order valence-corrected chi connectivity index (χ4v) is 3.76. The van der Waals surface area contributed by atoms with Gasteiger partial charge in [0.2, 0.25) is 5.91 Å². The smallest absolute Gasteiger partial charge is 0.335 e. The quantitative estimate of drug-likeness (QED) is 0.206. The van der Waals surface area contributed by atoms with Crippen LogP contribution >= 0.6 is 34.8 Å². The molecule has 0 radical (unpaired) electrons. The minimum absolute atomic E-state index is 0.153. The van der Waals surface area contributed by atoms with Gasteiger partial charge < -0.3 is 10.6 Å². The van der Waals surface area contributed by atoms with Crippen molar-refractivity contribution in [2.75, 3.05) is 0 Å². The van der Waals surface area contributed by atoms with Gasteiger partial charge in [-0.2, -0.15) is 31.6 Å². The molecular formula is C23H16Cl3F6N3O2. The molecule has 2 N–H and O–H groups in total. The average molecular weight is 587 g/mol. The van der Waals surface area contributed by atoms with E-state index in [4.69, 9.17) is 40.1 Å². The molecule has 2 aromatic rings. The lowest BCUT2D eigenvalue weighted by Gasteiger charge is -2.19. The van der Waals surface area contributed by atoms with Crippen LogP contribution in [0.2, 0.25) is 15.1 Å². The first-order valence-electron chi connectivity index (χ1n) is 10.1. The Morgan fingerprint density at radius 3 is 2.14 bits per heavy atom. The molecule has 0 saturated carbocycles. The summed E-state index contributed by atoms with van der Waals surface area (Å²) in [7, 11) is 0. The lowest BCUT2D eigenvalue weighted by Crippen LogP contribution is -2.46. The van der Waals surface area contributed by atoms with E-state index in [0.717, 1.165) is 30.3 Å². The molecule has 0 aliphatic heterocycles. The standard InChI is InChI=1S/C23H16Cl3F6N3O2/c1-11(34-19(36)6-7-33)35-21(37)14-4-2-12(8-16(14)23(30,31)32)3-5-15(22(27,28)29)13-9-17(24)20(26)18(25)10-13/h2-5,8-11,15H,6H2,1H3,(H,34,36)(H,35,37)/t11-,15?/m1/s1. The Morgan fingerprint density at radius 1 is 1.03 bits per heavy atom. The molecule has 0 heterocycles. The number of halogens is 9. The third-order valence-electron chi connectivity index (χ3n) is 4.76. The second-order valence-corrected chi connectivity index (χ2v) is 8.77. The number of hydrogen-bond donors (Lipinski definition) is 2. The van der Waals surface area contributed by atoms with Crippen LogP contribution in [0.5, 0.6) is 0 Å². The summed E-state index contributed by atoms with van der Waals surface area (Å²) >= 11 is 17.4. The van der Waals surface area contributed by atoms with Gasteiger partial charge in [0.1, 0.15) is 6.42 Å². The number of carbonyl (C=O) groups excluding carboxylic acids is 2. The Labute approximate surface area is 222 Å². The molecule has 0 bridgehead atoms. The lowest BCUT2D eigenvalue weighted by atomic mass is 9.96. The van der Waals surface area contributed by atoms with E-state index < -0.39 is 53.8 Å². The topological polar surface area (TPSA) is 82.0 Å². The normalized spacial score (nSPS) is 13.6. The molecule has 2 amide bonds. The van der Waals surface area contributed by atoms with Gasteiger partial charge in [0.15, 0.2) is 0 Å². The monoisotopic (exact) mass is 585 g/mol. The number of nitriles is 1. The zero-order valence-corrected chi connectivity index (χ0v) is 20.8. The summed E-state index contributed by atoms with van der Waals surface area (Å²) in [6, 6.07) is 5.79. The maximum absolute atomic E-state index is 13.7. The Balaban J connectivity index is 2.40. The summed E-state index contributed by atoms with van der Waals surface area (Å²) in [5.74, 6) is -4.24. The maximum atomic E-state index is 13.7. The van der Waals surface area contributed by atoms with Gasteiger partial charge >= 0.3 is 12.4 Å². The van der Waals surface area contributed by atoms with Crippen molar-refractivity contribution < 1.29 is 35.9 Å². The summed E-state index contributed by atoms with van der Waals surface area (Å²) in [6.45, 7) is 1.27. The van der Waals surface area contributed by atoms with Crippen molar-refractivity contribution in [3.63, 3.8) is 0 Å². The van der Waals surface area contributed by atoms with Gasteiger partial charge in [-0.25, -0.2) is 0 Å². The van der Waals surface area contributed by atoms with Crippen LogP contribution in [-0.4, -0.2) is 24.2 Å². The van der Waals surface area contributed by atoms with Gasteiger partial charge in [0.05, 0.1) is 44.3 Å². The molecule has 0 aromatic heterocycles. The van der Waals surface area contributed by atoms with Crippen LogP contribution in [-0.2, 0) is 11.0 Å². The van der Waals surface area contributed by atoms with Gasteiger partial charge in [-0.1, -0.05) is 53.0 Å². The Bertz CT molecular complexity index is 1230. The third kappa shape index (κ3) is 8.28. The summed E-state index contributed by atoms with van der Waals surface area (Å²) < 4.78 is 82.2. The molecule has 14 heteroatoms. The minimum Gasteiger partial charge on any atom is -0.335 e. The molecule has 0 saturated heterocycles. The second-order valence-electron chi connectivity index (χ2n) is 7.58. The fraction of sp³-hybridized carbons (Fsp3) is 0.261. The minimum atomic E-state index is -5.04. The molecule has 2 atom stereocenters. The summed E-state index contributed by atoms with van der Waals surface area (Å²) in [6.07, 6.45) is -10.1. The van der Waals surface area contributed by atoms with Crippen molar-refractivity contribution in [1.29, 1.82) is 5.26 Å². The molecular weight excluding hydrogens is 571 g/mol. The van der Waals surface area contributed by atoms with Gasteiger partial charge in [-0.3, -0.25) is 9.59 Å². The molecule has 37 heavy (non-hydrogen) atoms. The first-order valence-corrected chi connectivity index (χ1v) is 11.3. The van der Waals surface area contributed by atoms with Crippen LogP contribution in [0.25, 0.3) is 6.08 Å². The van der Waals surface area contributed by atoms with Crippen LogP contribution in [0.15, 0.2) is 36.4 Å². The number of nitrogens with one attached hydrogen (secondary N) is 2. The molecule has 2 rings (SSSR count). The number of amides is 2. The maximum Gasteiger partial charge on any atom is 0.417 e. The summed E-state index contributed by atoms with van der Waals surface area (Å²) in [4.78, 5) is 23.8. The molecule has 0 spiro atoms. The number of benzene rings is 2. The van der Waals surface area contributed by atoms with Gasteiger partial charge in [-0.05, 0) is 42.3 Å². The third-order valence-corrected chi connectivity index (χ3v) is 5.95. The van der Waals surface area contributed by atoms with E-state index in [1.165, 1.54) is 6.92 Å². The molecule has 0 aliphatic rings. The Kier molecular flexibility index (Phi) is 9.88. The molecule has 0 aliphatic carbocycles. The van der Waals surface area contributed by atoms with Gasteiger partial charge in [-0.15, -0.1) is 0 Å². The Hall–Kier alpha value is -2.94. The average Bonchev–Trinajstić information content (AvgIpc) is 2.75. The summed E-state index contributed by atoms with van der Waals surface area (Å²) in [5.41, 5.74) is -2.90. The Morgan fingerprint density at radius 2 is 1.62 bits per heavy atom. The van der Waals surface area contributed by atoms with Crippen LogP contribution in [0.1, 0.15) is 46.3 Å². The van der Waals surface area contributed by atoms with E-state index in [9.17, 15) is 35.9 Å². The van der Waals surface area contributed by atoms with E-state index in [0.29, 0.717) is 12.1 Å². The van der Waals surface area contributed by atoms with E-state index in [1.54, 1.807) is 6.07 Å². The number of nitrogens with zero attached hydrogens (tertiary/aromatic N) is 1. The molecule has 198 valence electrons. The van der Waals surface area contributed by atoms with Gasteiger partial charge in [0.25, 0.3) is 5.91 Å². The summed E-state index contributed by atoms with van der Waals surface area (Å²) in [5, 5.41) is 12.2. The van der Waals surface area contributed by atoms with E-state index >= 15 is 0 Å².